The number of carbonyl (C=O) groups excluding carboxylic acids is 1. The summed E-state index contributed by atoms with van der Waals surface area (Å²) in [6.45, 7) is 15.3. The minimum absolute atomic E-state index is 0.000679. The molecule has 0 N–H and O–H groups in total. The Kier molecular flexibility index (Phi) is 8.72. The fourth-order valence-corrected chi connectivity index (χ4v) is 6.53. The zero-order chi connectivity index (χ0) is 24.0. The van der Waals surface area contributed by atoms with Crippen LogP contribution in [-0.4, -0.2) is 23.6 Å². The number of carbonyl (C=O) groups is 1. The number of nitrogens with zero attached hydrogens (tertiary/aromatic N) is 2. The molecule has 5 atom stereocenters. The molecule has 2 aliphatic carbocycles. The van der Waals surface area contributed by atoms with E-state index in [2.05, 4.69) is 37.5 Å². The van der Waals surface area contributed by atoms with Crippen molar-refractivity contribution in [3.05, 3.63) is 52.6 Å². The summed E-state index contributed by atoms with van der Waals surface area (Å²) in [6.07, 6.45) is 16.4. The topological polar surface area (TPSA) is 59.0 Å². The lowest BCUT2D eigenvalue weighted by Gasteiger charge is -2.42. The Labute approximate surface area is 200 Å². The number of fused-ring (bicyclic) bond motifs is 1. The second kappa shape index (κ2) is 11.3. The van der Waals surface area contributed by atoms with Crippen LogP contribution in [0.3, 0.4) is 0 Å². The van der Waals surface area contributed by atoms with Crippen LogP contribution in [0.15, 0.2) is 53.0 Å². The van der Waals surface area contributed by atoms with Crippen LogP contribution in [0.5, 0.6) is 0 Å². The molecule has 0 aromatic carbocycles. The first kappa shape index (κ1) is 25.5. The van der Waals surface area contributed by atoms with E-state index in [0.717, 1.165) is 61.8 Å². The molecule has 5 heteroatoms. The van der Waals surface area contributed by atoms with Crippen LogP contribution >= 0.6 is 0 Å². The zero-order valence-electron chi connectivity index (χ0n) is 20.9. The van der Waals surface area contributed by atoms with Gasteiger partial charge in [-0.3, -0.25) is 4.79 Å². The predicted octanol–water partition coefficient (Wildman–Crippen LogP) is 7.41. The van der Waals surface area contributed by atoms with Crippen LogP contribution in [0.2, 0.25) is 0 Å². The summed E-state index contributed by atoms with van der Waals surface area (Å²) in [6, 6.07) is 0.121. The highest BCUT2D eigenvalue weighted by molar-refractivity contribution is 5.37. The smallest absolute Gasteiger partial charge is 0.293 e. The number of nitroso groups, excluding NO2 is 1. The van der Waals surface area contributed by atoms with Gasteiger partial charge in [0, 0.05) is 0 Å². The van der Waals surface area contributed by atoms with Crippen molar-refractivity contribution in [1.29, 1.82) is 0 Å². The SMILES string of the molecule is C=C(C)CCC(CCC1CCC2/C(=C/C=C3/CCC(C)N(N=O)C3=C)CCCC12C)OC=O. The molecule has 5 unspecified atom stereocenters. The summed E-state index contributed by atoms with van der Waals surface area (Å²) in [7, 11) is 0. The van der Waals surface area contributed by atoms with Crippen LogP contribution in [0.4, 0.5) is 0 Å². The molecule has 0 amide bonds. The molecule has 5 nitrogen and oxygen atoms in total. The highest BCUT2D eigenvalue weighted by atomic mass is 16.5. The highest BCUT2D eigenvalue weighted by Gasteiger charge is 2.48. The molecular formula is C28H42N2O3. The molecule has 0 aromatic rings. The third-order valence-electron chi connectivity index (χ3n) is 8.62. The minimum Gasteiger partial charge on any atom is -0.465 e. The van der Waals surface area contributed by atoms with Crippen molar-refractivity contribution < 1.29 is 9.53 Å². The van der Waals surface area contributed by atoms with Gasteiger partial charge in [0.1, 0.15) is 6.10 Å². The Morgan fingerprint density at radius 1 is 1.27 bits per heavy atom. The van der Waals surface area contributed by atoms with E-state index in [4.69, 9.17) is 4.74 Å². The molecule has 0 aromatic heterocycles. The molecule has 182 valence electrons. The first-order valence-electron chi connectivity index (χ1n) is 12.7. The van der Waals surface area contributed by atoms with E-state index in [-0.39, 0.29) is 12.1 Å². The average molecular weight is 455 g/mol. The molecule has 33 heavy (non-hydrogen) atoms. The predicted molar refractivity (Wildman–Crippen MR) is 134 cm³/mol. The van der Waals surface area contributed by atoms with Gasteiger partial charge in [-0.15, -0.1) is 11.5 Å². The number of allylic oxidation sites excluding steroid dienone is 5. The van der Waals surface area contributed by atoms with E-state index in [0.29, 0.717) is 23.7 Å². The maximum Gasteiger partial charge on any atom is 0.293 e. The molecule has 0 spiro atoms. The van der Waals surface area contributed by atoms with Crippen molar-refractivity contribution in [3.8, 4) is 0 Å². The van der Waals surface area contributed by atoms with Gasteiger partial charge >= 0.3 is 0 Å². The third kappa shape index (κ3) is 5.85. The minimum atomic E-state index is -0.000679. The molecule has 1 heterocycles. The van der Waals surface area contributed by atoms with Crippen molar-refractivity contribution in [1.82, 2.24) is 5.01 Å². The summed E-state index contributed by atoms with van der Waals surface area (Å²) in [5, 5.41) is 4.71. The van der Waals surface area contributed by atoms with Crippen LogP contribution in [-0.2, 0) is 9.53 Å². The van der Waals surface area contributed by atoms with E-state index in [1.54, 1.807) is 5.57 Å². The quantitative estimate of drug-likeness (QED) is 0.196. The summed E-state index contributed by atoms with van der Waals surface area (Å²) >= 11 is 0. The molecular weight excluding hydrogens is 412 g/mol. The number of piperidine rings is 1. The lowest BCUT2D eigenvalue weighted by atomic mass is 9.62. The van der Waals surface area contributed by atoms with Gasteiger partial charge < -0.3 is 4.74 Å². The van der Waals surface area contributed by atoms with Gasteiger partial charge in [0.05, 0.1) is 17.0 Å². The zero-order valence-corrected chi connectivity index (χ0v) is 20.9. The van der Waals surface area contributed by atoms with Gasteiger partial charge in [-0.2, -0.15) is 0 Å². The Morgan fingerprint density at radius 3 is 2.76 bits per heavy atom. The molecule has 3 rings (SSSR count). The lowest BCUT2D eigenvalue weighted by molar-refractivity contribution is -0.134. The first-order valence-corrected chi connectivity index (χ1v) is 12.7. The van der Waals surface area contributed by atoms with Crippen LogP contribution in [0.1, 0.15) is 91.4 Å². The van der Waals surface area contributed by atoms with Crippen molar-refractivity contribution in [2.75, 3.05) is 0 Å². The molecule has 3 fully saturated rings. The molecule has 1 saturated heterocycles. The standard InChI is InChI=1S/C28H42N2O3/c1-20(2)8-15-26(33-19-31)16-13-25-14-17-27-24(7-6-18-28(25,27)5)12-11-23-10-9-21(3)30(29-32)22(23)4/h11-12,19,21,25-27H,1,4,6-10,13-18H2,2-3,5H3/b23-11-,24-12+. The number of hydrogen-bond acceptors (Lipinski definition) is 4. The van der Waals surface area contributed by atoms with Crippen molar-refractivity contribution in [3.63, 3.8) is 0 Å². The third-order valence-corrected chi connectivity index (χ3v) is 8.62. The number of ether oxygens (including phenoxy) is 1. The van der Waals surface area contributed by atoms with Crippen molar-refractivity contribution in [2.24, 2.45) is 22.5 Å². The van der Waals surface area contributed by atoms with Gasteiger partial charge in [-0.25, -0.2) is 5.01 Å². The maximum atomic E-state index is 11.2. The summed E-state index contributed by atoms with van der Waals surface area (Å²) in [4.78, 5) is 22.2. The summed E-state index contributed by atoms with van der Waals surface area (Å²) in [5.41, 5.74) is 4.89. The fourth-order valence-electron chi connectivity index (χ4n) is 6.53. The van der Waals surface area contributed by atoms with E-state index < -0.39 is 0 Å². The van der Waals surface area contributed by atoms with E-state index in [1.807, 2.05) is 13.8 Å². The molecule has 1 aliphatic heterocycles. The van der Waals surface area contributed by atoms with Gasteiger partial charge in [0.15, 0.2) is 0 Å². The first-order chi connectivity index (χ1) is 15.8. The Morgan fingerprint density at radius 2 is 2.06 bits per heavy atom. The monoisotopic (exact) mass is 454 g/mol. The van der Waals surface area contributed by atoms with E-state index >= 15 is 0 Å². The molecule has 3 aliphatic rings. The van der Waals surface area contributed by atoms with Gasteiger partial charge in [-0.1, -0.05) is 36.8 Å². The summed E-state index contributed by atoms with van der Waals surface area (Å²) in [5.74, 6) is 1.28. The molecule has 0 bridgehead atoms. The molecule has 2 saturated carbocycles. The van der Waals surface area contributed by atoms with Crippen LogP contribution in [0, 0.1) is 22.2 Å². The van der Waals surface area contributed by atoms with Crippen molar-refractivity contribution in [2.45, 2.75) is 104 Å². The second-order valence-corrected chi connectivity index (χ2v) is 10.8. The Bertz CT molecular complexity index is 814. The van der Waals surface area contributed by atoms with Crippen LogP contribution < -0.4 is 0 Å². The molecule has 0 radical (unpaired) electrons. The van der Waals surface area contributed by atoms with Gasteiger partial charge in [0.25, 0.3) is 6.47 Å². The Hall–Kier alpha value is -2.17. The van der Waals surface area contributed by atoms with Crippen LogP contribution in [0.25, 0.3) is 0 Å². The number of hydrogen-bond donors (Lipinski definition) is 0. The normalized spacial score (nSPS) is 33.1. The van der Waals surface area contributed by atoms with E-state index in [9.17, 15) is 9.70 Å². The highest BCUT2D eigenvalue weighted by Crippen LogP contribution is 2.58. The number of rotatable bonds is 10. The largest absolute Gasteiger partial charge is 0.465 e. The summed E-state index contributed by atoms with van der Waals surface area (Å²) < 4.78 is 5.40. The van der Waals surface area contributed by atoms with Gasteiger partial charge in [-0.05, 0) is 107 Å². The van der Waals surface area contributed by atoms with Crippen molar-refractivity contribution >= 4 is 6.47 Å². The Balaban J connectivity index is 1.67. The maximum absolute atomic E-state index is 11.2. The van der Waals surface area contributed by atoms with Gasteiger partial charge in [0.2, 0.25) is 0 Å². The second-order valence-electron chi connectivity index (χ2n) is 10.8. The lowest BCUT2D eigenvalue weighted by Crippen LogP contribution is -2.33. The average Bonchev–Trinajstić information content (AvgIpc) is 3.12. The fraction of sp³-hybridized carbons (Fsp3) is 0.679. The van der Waals surface area contributed by atoms with E-state index in [1.165, 1.54) is 30.7 Å².